The van der Waals surface area contributed by atoms with Crippen molar-refractivity contribution in [3.05, 3.63) is 5.92 Å². The van der Waals surface area contributed by atoms with Crippen molar-refractivity contribution in [2.45, 2.75) is 32.6 Å². The molecule has 0 atom stereocenters. The second-order valence-electron chi connectivity index (χ2n) is 3.07. The van der Waals surface area contributed by atoms with Crippen molar-refractivity contribution < 1.29 is 42.6 Å². The first-order valence-corrected chi connectivity index (χ1v) is 3.74. The molecule has 0 spiro atoms. The predicted octanol–water partition coefficient (Wildman–Crippen LogP) is 1.85. The van der Waals surface area contributed by atoms with Crippen molar-refractivity contribution in [1.29, 1.82) is 0 Å². The van der Waals surface area contributed by atoms with Gasteiger partial charge in [0.25, 0.3) is 0 Å². The minimum Gasteiger partial charge on any atom is -0.481 e. The molecule has 0 amide bonds. The van der Waals surface area contributed by atoms with E-state index in [1.807, 2.05) is 0 Å². The van der Waals surface area contributed by atoms with Crippen LogP contribution in [0.15, 0.2) is 0 Å². The van der Waals surface area contributed by atoms with Crippen LogP contribution in [0.5, 0.6) is 0 Å². The molecule has 1 aliphatic carbocycles. The van der Waals surface area contributed by atoms with Crippen molar-refractivity contribution in [1.82, 2.24) is 0 Å². The molecule has 2 nitrogen and oxygen atoms in total. The van der Waals surface area contributed by atoms with Gasteiger partial charge in [-0.05, 0) is 0 Å². The molecule has 0 unspecified atom stereocenters. The summed E-state index contributed by atoms with van der Waals surface area (Å²) >= 11 is 0. The van der Waals surface area contributed by atoms with Gasteiger partial charge in [0.15, 0.2) is 0 Å². The Bertz CT molecular complexity index is 128. The fraction of sp³-hybridized carbons (Fsp3) is 0.750. The van der Waals surface area contributed by atoms with Gasteiger partial charge in [-0.25, -0.2) is 0 Å². The summed E-state index contributed by atoms with van der Waals surface area (Å²) in [6, 6.07) is 0. The molecule has 0 aromatic carbocycles. The third-order valence-corrected chi connectivity index (χ3v) is 2.19. The molecule has 61 valence electrons. The number of hydrogen-bond acceptors (Lipinski definition) is 1. The van der Waals surface area contributed by atoms with Crippen LogP contribution in [0, 0.1) is 11.8 Å². The van der Waals surface area contributed by atoms with E-state index in [4.69, 9.17) is 5.11 Å². The minimum absolute atomic E-state index is 0. The van der Waals surface area contributed by atoms with Crippen molar-refractivity contribution in [3.8, 4) is 0 Å². The average Bonchev–Trinajstić information content (AvgIpc) is 1.88. The first-order chi connectivity index (χ1) is 4.70. The van der Waals surface area contributed by atoms with E-state index in [1.54, 1.807) is 0 Å². The molecule has 1 fully saturated rings. The number of carbonyl (C=O) groups is 1. The molecule has 1 rings (SSSR count). The fourth-order valence-corrected chi connectivity index (χ4v) is 1.36. The van der Waals surface area contributed by atoms with Gasteiger partial charge in [0.1, 0.15) is 0 Å². The Morgan fingerprint density at radius 2 is 1.91 bits per heavy atom. The molecule has 0 aromatic rings. The van der Waals surface area contributed by atoms with Crippen molar-refractivity contribution in [3.63, 3.8) is 0 Å². The zero-order valence-corrected chi connectivity index (χ0v) is 9.68. The molecule has 1 N–H and O–H groups in total. The van der Waals surface area contributed by atoms with E-state index in [-0.39, 0.29) is 38.6 Å². The Labute approximate surface area is 92.6 Å². The van der Waals surface area contributed by atoms with Crippen LogP contribution >= 0.6 is 0 Å². The van der Waals surface area contributed by atoms with Gasteiger partial charge in [-0.2, -0.15) is 19.8 Å². The summed E-state index contributed by atoms with van der Waals surface area (Å²) in [5, 5.41) is 8.62. The average molecular weight is 230 g/mol. The number of hydrogen-bond donors (Lipinski definition) is 1. The maximum Gasteiger partial charge on any atom is 0.306 e. The van der Waals surface area contributed by atoms with Gasteiger partial charge < -0.3 is 11.0 Å². The smallest absolute Gasteiger partial charge is 0.306 e. The number of aliphatic carboxylic acids is 1. The zero-order chi connectivity index (χ0) is 7.56. The maximum absolute atomic E-state index is 10.5. The van der Waals surface area contributed by atoms with E-state index < -0.39 is 5.97 Å². The maximum atomic E-state index is 10.5. The van der Waals surface area contributed by atoms with E-state index in [0.29, 0.717) is 0 Å². The summed E-state index contributed by atoms with van der Waals surface area (Å²) in [5.41, 5.74) is 0. The van der Waals surface area contributed by atoms with Gasteiger partial charge in [0.2, 0.25) is 0 Å². The summed E-state index contributed by atoms with van der Waals surface area (Å²) in [5.74, 6) is 0.772. The largest absolute Gasteiger partial charge is 0.481 e. The molecule has 0 aliphatic heterocycles. The minimum atomic E-state index is -0.618. The predicted molar refractivity (Wildman–Crippen MR) is 38.5 cm³/mol. The van der Waals surface area contributed by atoms with Gasteiger partial charge in [0, 0.05) is 32.7 Å². The molecule has 0 heterocycles. The summed E-state index contributed by atoms with van der Waals surface area (Å²) in [7, 11) is 0. The molecule has 1 saturated carbocycles. The standard InChI is InChI=1S/C8H13O2.Y/c1-6-2-4-7(5-3-6)8(9)10;/h7H,2-5H2,1H3,(H,9,10);/q-1;. The van der Waals surface area contributed by atoms with Gasteiger partial charge in [-0.1, -0.05) is 12.8 Å². The Morgan fingerprint density at radius 3 is 2.27 bits per heavy atom. The van der Waals surface area contributed by atoms with Crippen LogP contribution in [0.2, 0.25) is 0 Å². The molecule has 0 saturated heterocycles. The fourth-order valence-electron chi connectivity index (χ4n) is 1.36. The first-order valence-electron chi connectivity index (χ1n) is 3.74. The molecular weight excluding hydrogens is 217 g/mol. The second-order valence-corrected chi connectivity index (χ2v) is 3.07. The van der Waals surface area contributed by atoms with E-state index in [2.05, 4.69) is 6.92 Å². The Kier molecular flexibility index (Phi) is 5.53. The quantitative estimate of drug-likeness (QED) is 0.698. The van der Waals surface area contributed by atoms with E-state index >= 15 is 0 Å². The zero-order valence-electron chi connectivity index (χ0n) is 6.84. The summed E-state index contributed by atoms with van der Waals surface area (Å²) in [6.07, 6.45) is 3.72. The Balaban J connectivity index is 0.000001000. The van der Waals surface area contributed by atoms with Crippen molar-refractivity contribution in [2.24, 2.45) is 5.92 Å². The van der Waals surface area contributed by atoms with Gasteiger partial charge in [-0.3, -0.25) is 4.79 Å². The van der Waals surface area contributed by atoms with Crippen LogP contribution < -0.4 is 0 Å². The topological polar surface area (TPSA) is 37.3 Å². The number of carboxylic acids is 1. The molecule has 0 aromatic heterocycles. The van der Waals surface area contributed by atoms with Crippen LogP contribution in [0.25, 0.3) is 0 Å². The van der Waals surface area contributed by atoms with E-state index in [0.717, 1.165) is 25.7 Å². The summed E-state index contributed by atoms with van der Waals surface area (Å²) in [4.78, 5) is 10.5. The van der Waals surface area contributed by atoms with Gasteiger partial charge in [0.05, 0.1) is 5.92 Å². The van der Waals surface area contributed by atoms with Crippen molar-refractivity contribution >= 4 is 5.97 Å². The monoisotopic (exact) mass is 230 g/mol. The van der Waals surface area contributed by atoms with E-state index in [1.165, 1.54) is 5.92 Å². The molecule has 11 heavy (non-hydrogen) atoms. The first kappa shape index (κ1) is 11.6. The molecular formula is C8H13O2Y-. The summed E-state index contributed by atoms with van der Waals surface area (Å²) < 4.78 is 0. The van der Waals surface area contributed by atoms with Crippen LogP contribution in [0.3, 0.4) is 0 Å². The molecule has 1 radical (unpaired) electrons. The number of rotatable bonds is 1. The van der Waals surface area contributed by atoms with Crippen LogP contribution in [-0.2, 0) is 37.5 Å². The summed E-state index contributed by atoms with van der Waals surface area (Å²) in [6.45, 7) is 2.11. The van der Waals surface area contributed by atoms with Gasteiger partial charge in [-0.15, -0.1) is 0 Å². The number of carboxylic acid groups (broad SMARTS) is 1. The second kappa shape index (κ2) is 5.26. The Morgan fingerprint density at radius 1 is 1.45 bits per heavy atom. The van der Waals surface area contributed by atoms with Crippen LogP contribution in [0.1, 0.15) is 32.6 Å². The Hall–Kier alpha value is 0.574. The molecule has 3 heteroatoms. The SMILES string of the molecule is C[C-]1CCC(C(=O)O)CC1.[Y]. The molecule has 1 aliphatic rings. The van der Waals surface area contributed by atoms with Gasteiger partial charge >= 0.3 is 5.97 Å². The van der Waals surface area contributed by atoms with Crippen LogP contribution in [0.4, 0.5) is 0 Å². The third-order valence-electron chi connectivity index (χ3n) is 2.19. The third kappa shape index (κ3) is 3.66. The normalized spacial score (nSPS) is 20.8. The van der Waals surface area contributed by atoms with Crippen molar-refractivity contribution in [2.75, 3.05) is 0 Å². The van der Waals surface area contributed by atoms with Crippen LogP contribution in [-0.4, -0.2) is 11.1 Å². The van der Waals surface area contributed by atoms with E-state index in [9.17, 15) is 4.79 Å². The molecule has 0 bridgehead atoms.